The van der Waals surface area contributed by atoms with Gasteiger partial charge in [0.25, 0.3) is 0 Å². The van der Waals surface area contributed by atoms with E-state index in [0.717, 1.165) is 13.2 Å². The summed E-state index contributed by atoms with van der Waals surface area (Å²) in [5.74, 6) is 0. The Bertz CT molecular complexity index is 1290. The van der Waals surface area contributed by atoms with Crippen molar-refractivity contribution in [3.05, 3.63) is 70.8 Å². The molecule has 0 aromatic heterocycles. The number of epoxide rings is 2. The molecule has 2 aromatic carbocycles. The summed E-state index contributed by atoms with van der Waals surface area (Å²) in [5.41, 5.74) is 1.55. The molecule has 4 N–H and O–H groups in total. The Hall–Kier alpha value is -0.484. The minimum Gasteiger partial charge on any atom is -0.870 e. The van der Waals surface area contributed by atoms with Gasteiger partial charge in [-0.15, -0.1) is 0 Å². The van der Waals surface area contributed by atoms with Crippen LogP contribution in [0.1, 0.15) is 91.5 Å². The van der Waals surface area contributed by atoms with Crippen LogP contribution in [0.4, 0.5) is 0 Å². The van der Waals surface area contributed by atoms with Crippen LogP contribution in [-0.4, -0.2) is 145 Å². The topological polar surface area (TPSA) is 190 Å². The first-order chi connectivity index (χ1) is 27.2. The fraction of sp³-hybridized carbons (Fsp3) is 0.733. The average molecular weight is 881 g/mol. The van der Waals surface area contributed by atoms with Gasteiger partial charge in [-0.25, -0.2) is 0 Å². The van der Waals surface area contributed by atoms with Crippen molar-refractivity contribution in [1.82, 2.24) is 0 Å². The van der Waals surface area contributed by atoms with Crippen molar-refractivity contribution in [2.24, 2.45) is 0 Å². The standard InChI is InChI=1S/C26H46O8.C12H14O2.C7H16O3.K.H2O/c1-19(13-29-7)31-15-21(3)33-17-25(5,27)23-9-11-24(12-10-23)26(6,28)18-34-22(4)16-32-20(2)14-30-8;1-11(7-13-11)9-3-5-10(6-4-9)12(2)8-14-12;1-6(8)4-10-7(2)5-9-3;;/h9-12,19-22,27-28H,13-18H2,1-8H3;3-6H,7-8H2,1-2H3;6-8H,4-5H2,1-3H3;;1H2/q;;;+1;/p-1. The third kappa shape index (κ3) is 22.9. The van der Waals surface area contributed by atoms with Crippen LogP contribution < -0.4 is 51.4 Å². The molecule has 2 aliphatic rings. The third-order valence-corrected chi connectivity index (χ3v) is 9.74. The van der Waals surface area contributed by atoms with Gasteiger partial charge in [-0.1, -0.05) is 48.5 Å². The van der Waals surface area contributed by atoms with Crippen molar-refractivity contribution in [1.29, 1.82) is 0 Å². The molecule has 10 unspecified atom stereocenters. The molecular formula is C45H77KO14. The van der Waals surface area contributed by atoms with Gasteiger partial charge in [0.15, 0.2) is 0 Å². The number of rotatable bonds is 25. The van der Waals surface area contributed by atoms with Crippen LogP contribution in [0.15, 0.2) is 48.5 Å². The van der Waals surface area contributed by atoms with Crippen molar-refractivity contribution in [3.8, 4) is 0 Å². The van der Waals surface area contributed by atoms with E-state index in [2.05, 4.69) is 38.1 Å². The van der Waals surface area contributed by atoms with E-state index in [1.807, 2.05) is 34.6 Å². The molecule has 10 atom stereocenters. The van der Waals surface area contributed by atoms with Gasteiger partial charge in [-0.05, 0) is 91.5 Å². The zero-order valence-corrected chi connectivity index (χ0v) is 42.1. The van der Waals surface area contributed by atoms with Gasteiger partial charge >= 0.3 is 51.4 Å². The minimum absolute atomic E-state index is 0. The molecule has 0 amide bonds. The molecule has 2 aliphatic heterocycles. The van der Waals surface area contributed by atoms with E-state index in [4.69, 9.17) is 52.5 Å². The summed E-state index contributed by atoms with van der Waals surface area (Å²) >= 11 is 0. The van der Waals surface area contributed by atoms with E-state index in [1.165, 1.54) is 11.1 Å². The maximum Gasteiger partial charge on any atom is 1.00 e. The van der Waals surface area contributed by atoms with Gasteiger partial charge in [-0.2, -0.15) is 0 Å². The van der Waals surface area contributed by atoms with Gasteiger partial charge < -0.3 is 68.2 Å². The Kier molecular flexibility index (Phi) is 28.9. The Morgan fingerprint density at radius 2 is 0.800 bits per heavy atom. The number of ether oxygens (including phenoxy) is 10. The predicted molar refractivity (Wildman–Crippen MR) is 225 cm³/mol. The molecule has 2 saturated heterocycles. The molecular weight excluding hydrogens is 804 g/mol. The summed E-state index contributed by atoms with van der Waals surface area (Å²) in [7, 11) is 4.90. The fourth-order valence-electron chi connectivity index (χ4n) is 5.54. The second-order valence-electron chi connectivity index (χ2n) is 16.6. The van der Waals surface area contributed by atoms with Crippen LogP contribution in [0.3, 0.4) is 0 Å². The fourth-order valence-corrected chi connectivity index (χ4v) is 5.54. The maximum atomic E-state index is 10.9. The molecule has 2 heterocycles. The van der Waals surface area contributed by atoms with Gasteiger partial charge in [0.05, 0.1) is 103 Å². The Morgan fingerprint density at radius 1 is 0.533 bits per heavy atom. The van der Waals surface area contributed by atoms with Crippen molar-refractivity contribution in [2.75, 3.05) is 87.4 Å². The molecule has 14 nitrogen and oxygen atoms in total. The van der Waals surface area contributed by atoms with Gasteiger partial charge in [0.1, 0.15) is 22.4 Å². The van der Waals surface area contributed by atoms with Crippen molar-refractivity contribution >= 4 is 0 Å². The summed E-state index contributed by atoms with van der Waals surface area (Å²) in [4.78, 5) is 0. The van der Waals surface area contributed by atoms with Crippen molar-refractivity contribution in [3.63, 3.8) is 0 Å². The molecule has 2 fully saturated rings. The van der Waals surface area contributed by atoms with Gasteiger partial charge in [0.2, 0.25) is 0 Å². The van der Waals surface area contributed by atoms with E-state index < -0.39 is 11.2 Å². The summed E-state index contributed by atoms with van der Waals surface area (Å²) in [5, 5.41) is 30.6. The zero-order valence-electron chi connectivity index (χ0n) is 39.0. The smallest absolute Gasteiger partial charge is 0.870 e. The number of hydrogen-bond acceptors (Lipinski definition) is 14. The van der Waals surface area contributed by atoms with Crippen molar-refractivity contribution < 1.29 is 120 Å². The molecule has 0 saturated carbocycles. The van der Waals surface area contributed by atoms with Crippen LogP contribution in [0.25, 0.3) is 0 Å². The van der Waals surface area contributed by atoms with Crippen LogP contribution in [0, 0.1) is 0 Å². The van der Waals surface area contributed by atoms with E-state index in [9.17, 15) is 10.2 Å². The van der Waals surface area contributed by atoms with Crippen LogP contribution in [-0.2, 0) is 69.8 Å². The molecule has 342 valence electrons. The summed E-state index contributed by atoms with van der Waals surface area (Å²) in [6, 6.07) is 15.8. The SMILES string of the molecule is CC1(c2ccc(C3(C)CO3)cc2)CO1.COCC(C)OCC(C)O.COCC(C)OCC(C)OCC(C)(O)c1ccc(C(C)(O)COC(C)COC(C)COC)cc1.[K+].[OH-]. The molecule has 0 aliphatic carbocycles. The summed E-state index contributed by atoms with van der Waals surface area (Å²) in [6.45, 7) is 23.7. The molecule has 2 aromatic rings. The minimum atomic E-state index is -1.18. The molecule has 60 heavy (non-hydrogen) atoms. The first-order valence-electron chi connectivity index (χ1n) is 20.4. The molecule has 0 radical (unpaired) electrons. The maximum absolute atomic E-state index is 10.9. The van der Waals surface area contributed by atoms with E-state index in [0.29, 0.717) is 50.8 Å². The number of benzene rings is 2. The number of methoxy groups -OCH3 is 3. The number of aliphatic hydroxyl groups excluding tert-OH is 1. The summed E-state index contributed by atoms with van der Waals surface area (Å²) in [6.07, 6.45) is -0.706. The number of aliphatic hydroxyl groups is 3. The largest absolute Gasteiger partial charge is 1.00 e. The van der Waals surface area contributed by atoms with Gasteiger partial charge in [0, 0.05) is 21.3 Å². The monoisotopic (exact) mass is 880 g/mol. The number of hydrogen-bond donors (Lipinski definition) is 3. The summed E-state index contributed by atoms with van der Waals surface area (Å²) < 4.78 is 53.8. The van der Waals surface area contributed by atoms with E-state index >= 15 is 0 Å². The zero-order chi connectivity index (χ0) is 43.6. The third-order valence-electron chi connectivity index (χ3n) is 9.74. The van der Waals surface area contributed by atoms with Crippen LogP contribution in [0.5, 0.6) is 0 Å². The molecule has 15 heteroatoms. The Balaban J connectivity index is 0.00000108. The molecule has 4 rings (SSSR count). The first kappa shape index (κ1) is 59.5. The second-order valence-corrected chi connectivity index (χ2v) is 16.6. The molecule has 0 spiro atoms. The van der Waals surface area contributed by atoms with Crippen molar-refractivity contribution in [2.45, 2.75) is 128 Å². The van der Waals surface area contributed by atoms with Crippen LogP contribution >= 0.6 is 0 Å². The first-order valence-corrected chi connectivity index (χ1v) is 20.4. The average Bonchev–Trinajstić information content (AvgIpc) is 4.13. The predicted octanol–water partition coefficient (Wildman–Crippen LogP) is 2.44. The Morgan fingerprint density at radius 3 is 1.05 bits per heavy atom. The molecule has 0 bridgehead atoms. The van der Waals surface area contributed by atoms with Crippen LogP contribution in [0.2, 0.25) is 0 Å². The van der Waals surface area contributed by atoms with Gasteiger partial charge in [-0.3, -0.25) is 0 Å². The quantitative estimate of drug-likeness (QED) is 0.0975. The Labute approximate surface area is 402 Å². The van der Waals surface area contributed by atoms with E-state index in [-0.39, 0.29) is 118 Å². The second kappa shape index (κ2) is 29.1. The normalized spacial score (nSPS) is 22.9. The van der Waals surface area contributed by atoms with E-state index in [1.54, 1.807) is 66.4 Å².